The van der Waals surface area contributed by atoms with Crippen LogP contribution in [0.1, 0.15) is 53.4 Å². The summed E-state index contributed by atoms with van der Waals surface area (Å²) in [4.78, 5) is 12.3. The Labute approximate surface area is 113 Å². The fourth-order valence-electron chi connectivity index (χ4n) is 2.39. The molecule has 1 heterocycles. The topological polar surface area (TPSA) is 26.3 Å². The van der Waals surface area contributed by atoms with Gasteiger partial charge in [0.2, 0.25) is 0 Å². The smallest absolute Gasteiger partial charge is 0.312 e. The van der Waals surface area contributed by atoms with Crippen LogP contribution in [0.5, 0.6) is 0 Å². The van der Waals surface area contributed by atoms with Gasteiger partial charge in [0.25, 0.3) is 0 Å². The number of esters is 1. The molecule has 0 N–H and O–H groups in total. The van der Waals surface area contributed by atoms with Crippen molar-refractivity contribution in [2.24, 2.45) is 5.41 Å². The number of rotatable bonds is 4. The summed E-state index contributed by atoms with van der Waals surface area (Å²) in [5.74, 6) is -0.00628. The predicted octanol–water partition coefficient (Wildman–Crippen LogP) is 4.62. The Morgan fingerprint density at radius 1 is 1.22 bits per heavy atom. The molecule has 0 amide bonds. The van der Waals surface area contributed by atoms with Gasteiger partial charge >= 0.3 is 5.97 Å². The molecule has 18 heavy (non-hydrogen) atoms. The summed E-state index contributed by atoms with van der Waals surface area (Å²) in [5, 5.41) is 0. The Bertz CT molecular complexity index is 298. The molecule has 2 nitrogen and oxygen atoms in total. The highest BCUT2D eigenvalue weighted by Crippen LogP contribution is 2.41. The second kappa shape index (κ2) is 5.36. The molecular weight excluding hydrogens is 240 g/mol. The van der Waals surface area contributed by atoms with Gasteiger partial charge in [-0.2, -0.15) is 0 Å². The molecule has 0 unspecified atom stereocenters. The third-order valence-corrected chi connectivity index (χ3v) is 8.11. The maximum Gasteiger partial charge on any atom is 0.312 e. The Balaban J connectivity index is 2.71. The van der Waals surface area contributed by atoms with Crippen LogP contribution in [-0.4, -0.2) is 19.6 Å². The number of hydrogen-bond acceptors (Lipinski definition) is 2. The summed E-state index contributed by atoms with van der Waals surface area (Å²) in [5.41, 5.74) is -0.501. The molecule has 1 aliphatic heterocycles. The molecule has 0 saturated carbocycles. The highest BCUT2D eigenvalue weighted by atomic mass is 28.3. The first-order valence-electron chi connectivity index (χ1n) is 7.40. The summed E-state index contributed by atoms with van der Waals surface area (Å²) in [7, 11) is -0.992. The van der Waals surface area contributed by atoms with E-state index >= 15 is 0 Å². The van der Waals surface area contributed by atoms with Gasteiger partial charge in [0.1, 0.15) is 5.60 Å². The van der Waals surface area contributed by atoms with Crippen LogP contribution in [0.25, 0.3) is 0 Å². The van der Waals surface area contributed by atoms with Crippen LogP contribution in [-0.2, 0) is 9.53 Å². The first-order valence-corrected chi connectivity index (χ1v) is 10.8. The molecule has 1 rings (SSSR count). The Kier molecular flexibility index (Phi) is 4.69. The van der Waals surface area contributed by atoms with Gasteiger partial charge in [-0.1, -0.05) is 39.0 Å². The van der Waals surface area contributed by atoms with E-state index in [0.717, 1.165) is 25.7 Å². The molecular formula is C15H30O2Si. The first-order chi connectivity index (χ1) is 8.16. The first kappa shape index (κ1) is 15.7. The maximum absolute atomic E-state index is 12.3. The van der Waals surface area contributed by atoms with Crippen molar-refractivity contribution in [2.75, 3.05) is 0 Å². The Morgan fingerprint density at radius 2 is 1.72 bits per heavy atom. The zero-order chi connectivity index (χ0) is 14.0. The van der Waals surface area contributed by atoms with E-state index in [-0.39, 0.29) is 17.0 Å². The van der Waals surface area contributed by atoms with E-state index in [1.807, 2.05) is 13.8 Å². The second-order valence-electron chi connectivity index (χ2n) is 7.33. The zero-order valence-electron chi connectivity index (χ0n) is 13.1. The van der Waals surface area contributed by atoms with E-state index in [2.05, 4.69) is 26.9 Å². The minimum absolute atomic E-state index is 0.00628. The monoisotopic (exact) mass is 270 g/mol. The molecule has 0 aromatic rings. The van der Waals surface area contributed by atoms with E-state index in [9.17, 15) is 4.79 Å². The highest BCUT2D eigenvalue weighted by Gasteiger charge is 2.42. The van der Waals surface area contributed by atoms with Crippen molar-refractivity contribution in [3.05, 3.63) is 0 Å². The number of hydrogen-bond donors (Lipinski definition) is 0. The zero-order valence-corrected chi connectivity index (χ0v) is 14.1. The summed E-state index contributed by atoms with van der Waals surface area (Å²) >= 11 is 0. The molecule has 1 saturated heterocycles. The lowest BCUT2D eigenvalue weighted by molar-refractivity contribution is -0.172. The van der Waals surface area contributed by atoms with Crippen molar-refractivity contribution in [3.63, 3.8) is 0 Å². The van der Waals surface area contributed by atoms with Gasteiger partial charge < -0.3 is 4.74 Å². The lowest BCUT2D eigenvalue weighted by Gasteiger charge is -2.43. The highest BCUT2D eigenvalue weighted by molar-refractivity contribution is 6.77. The molecule has 3 heteroatoms. The normalized spacial score (nSPS) is 22.6. The van der Waals surface area contributed by atoms with Gasteiger partial charge in [0, 0.05) is 8.07 Å². The molecule has 1 fully saturated rings. The molecule has 0 aromatic carbocycles. The van der Waals surface area contributed by atoms with Gasteiger partial charge in [0.05, 0.1) is 5.41 Å². The SMILES string of the molecule is CCC1(OC(=O)C(C)(C)CC)CC[Si](C)(C)CC1. The molecule has 0 radical (unpaired) electrons. The van der Waals surface area contributed by atoms with Crippen molar-refractivity contribution < 1.29 is 9.53 Å². The van der Waals surface area contributed by atoms with Crippen LogP contribution in [0.2, 0.25) is 25.2 Å². The lowest BCUT2D eigenvalue weighted by atomic mass is 9.88. The summed E-state index contributed by atoms with van der Waals surface area (Å²) < 4.78 is 5.96. The molecule has 0 spiro atoms. The summed E-state index contributed by atoms with van der Waals surface area (Å²) in [6.45, 7) is 13.1. The van der Waals surface area contributed by atoms with Crippen LogP contribution in [0.4, 0.5) is 0 Å². The Morgan fingerprint density at radius 3 is 2.11 bits per heavy atom. The van der Waals surface area contributed by atoms with E-state index in [1.54, 1.807) is 0 Å². The number of ether oxygens (including phenoxy) is 1. The molecule has 0 bridgehead atoms. The van der Waals surface area contributed by atoms with Crippen molar-refractivity contribution in [2.45, 2.75) is 84.2 Å². The average molecular weight is 270 g/mol. The third-order valence-electron chi connectivity index (χ3n) is 4.90. The van der Waals surface area contributed by atoms with E-state index in [4.69, 9.17) is 4.74 Å². The van der Waals surface area contributed by atoms with Crippen molar-refractivity contribution >= 4 is 14.0 Å². The van der Waals surface area contributed by atoms with Gasteiger partial charge in [-0.3, -0.25) is 4.79 Å². The largest absolute Gasteiger partial charge is 0.459 e. The lowest BCUT2D eigenvalue weighted by Crippen LogP contribution is -2.46. The van der Waals surface area contributed by atoms with Gasteiger partial charge in [0.15, 0.2) is 0 Å². The van der Waals surface area contributed by atoms with Gasteiger partial charge in [-0.15, -0.1) is 0 Å². The molecule has 0 atom stereocenters. The van der Waals surface area contributed by atoms with Crippen LogP contribution in [0.3, 0.4) is 0 Å². The average Bonchev–Trinajstić information content (AvgIpc) is 2.32. The summed E-state index contributed by atoms with van der Waals surface area (Å²) in [6.07, 6.45) is 3.96. The standard InChI is InChI=1S/C15H30O2Si/c1-7-14(3,4)13(16)17-15(8-2)9-11-18(5,6)12-10-15/h7-12H2,1-6H3. The molecule has 0 aromatic heterocycles. The molecule has 0 aliphatic carbocycles. The molecule has 106 valence electrons. The van der Waals surface area contributed by atoms with Crippen molar-refractivity contribution in [1.82, 2.24) is 0 Å². The van der Waals surface area contributed by atoms with Crippen molar-refractivity contribution in [1.29, 1.82) is 0 Å². The van der Waals surface area contributed by atoms with Crippen molar-refractivity contribution in [3.8, 4) is 0 Å². The fourth-order valence-corrected chi connectivity index (χ4v) is 4.90. The van der Waals surface area contributed by atoms with E-state index < -0.39 is 8.07 Å². The minimum atomic E-state index is -0.992. The predicted molar refractivity (Wildman–Crippen MR) is 79.5 cm³/mol. The number of carbonyl (C=O) groups excluding carboxylic acids is 1. The second-order valence-corrected chi connectivity index (χ2v) is 12.7. The quantitative estimate of drug-likeness (QED) is 0.550. The minimum Gasteiger partial charge on any atom is -0.459 e. The van der Waals surface area contributed by atoms with Crippen LogP contribution >= 0.6 is 0 Å². The van der Waals surface area contributed by atoms with Gasteiger partial charge in [-0.25, -0.2) is 0 Å². The third kappa shape index (κ3) is 3.59. The maximum atomic E-state index is 12.3. The number of carbonyl (C=O) groups is 1. The summed E-state index contributed by atoms with van der Waals surface area (Å²) in [6, 6.07) is 2.58. The van der Waals surface area contributed by atoms with Crippen LogP contribution < -0.4 is 0 Å². The molecule has 1 aliphatic rings. The van der Waals surface area contributed by atoms with Crippen LogP contribution in [0, 0.1) is 5.41 Å². The van der Waals surface area contributed by atoms with E-state index in [1.165, 1.54) is 12.1 Å². The Hall–Kier alpha value is -0.313. The van der Waals surface area contributed by atoms with Gasteiger partial charge in [-0.05, 0) is 39.5 Å². The fraction of sp³-hybridized carbons (Fsp3) is 0.933. The van der Waals surface area contributed by atoms with E-state index in [0.29, 0.717) is 0 Å². The van der Waals surface area contributed by atoms with Crippen LogP contribution in [0.15, 0.2) is 0 Å².